The molecule has 0 spiro atoms. The van der Waals surface area contributed by atoms with Gasteiger partial charge < -0.3 is 9.88 Å². The van der Waals surface area contributed by atoms with Gasteiger partial charge in [0, 0.05) is 31.0 Å². The molecule has 4 aromatic rings. The number of benzene rings is 2. The van der Waals surface area contributed by atoms with Crippen LogP contribution in [0.5, 0.6) is 0 Å². The van der Waals surface area contributed by atoms with Gasteiger partial charge in [0.2, 0.25) is 5.91 Å². The van der Waals surface area contributed by atoms with Crippen LogP contribution in [0.3, 0.4) is 0 Å². The van der Waals surface area contributed by atoms with Gasteiger partial charge in [0.25, 0.3) is 5.56 Å². The number of amides is 1. The van der Waals surface area contributed by atoms with Crippen LogP contribution in [0.15, 0.2) is 72.3 Å². The van der Waals surface area contributed by atoms with Crippen LogP contribution in [-0.4, -0.2) is 25.0 Å². The van der Waals surface area contributed by atoms with Crippen molar-refractivity contribution in [2.75, 3.05) is 0 Å². The molecule has 0 saturated heterocycles. The van der Waals surface area contributed by atoms with Crippen LogP contribution in [0, 0.1) is 6.92 Å². The second-order valence-corrected chi connectivity index (χ2v) is 7.31. The summed E-state index contributed by atoms with van der Waals surface area (Å²) in [6.45, 7) is 4.15. The molecule has 2 aromatic heterocycles. The molecule has 1 amide bonds. The molecule has 2 heterocycles. The number of hydrogen-bond donors (Lipinski definition) is 1. The number of rotatable bonds is 6. The van der Waals surface area contributed by atoms with E-state index >= 15 is 0 Å². The molecule has 152 valence electrons. The summed E-state index contributed by atoms with van der Waals surface area (Å²) in [5.74, 6) is -0.113. The second-order valence-electron chi connectivity index (χ2n) is 7.31. The predicted molar refractivity (Wildman–Crippen MR) is 115 cm³/mol. The first-order valence-electron chi connectivity index (χ1n) is 9.85. The van der Waals surface area contributed by atoms with Gasteiger partial charge >= 0.3 is 0 Å². The van der Waals surface area contributed by atoms with E-state index in [1.807, 2.05) is 61.0 Å². The summed E-state index contributed by atoms with van der Waals surface area (Å²) in [7, 11) is 0. The highest BCUT2D eigenvalue weighted by Gasteiger charge is 2.11. The van der Waals surface area contributed by atoms with Gasteiger partial charge in [-0.15, -0.1) is 0 Å². The Morgan fingerprint density at radius 2 is 1.93 bits per heavy atom. The highest BCUT2D eigenvalue weighted by molar-refractivity contribution is 5.80. The van der Waals surface area contributed by atoms with Crippen molar-refractivity contribution in [3.8, 4) is 5.69 Å². The zero-order valence-corrected chi connectivity index (χ0v) is 16.9. The molecule has 0 aliphatic heterocycles. The fourth-order valence-electron chi connectivity index (χ4n) is 3.46. The molecule has 0 saturated carbocycles. The van der Waals surface area contributed by atoms with Gasteiger partial charge in [-0.2, -0.15) is 0 Å². The van der Waals surface area contributed by atoms with Gasteiger partial charge in [-0.3, -0.25) is 14.2 Å². The maximum absolute atomic E-state index is 12.7. The van der Waals surface area contributed by atoms with Gasteiger partial charge in [0.1, 0.15) is 0 Å². The number of para-hydroxylation sites is 1. The van der Waals surface area contributed by atoms with Crippen LogP contribution in [0.4, 0.5) is 0 Å². The summed E-state index contributed by atoms with van der Waals surface area (Å²) in [6.07, 6.45) is 7.07. The monoisotopic (exact) mass is 401 g/mol. The highest BCUT2D eigenvalue weighted by atomic mass is 16.2. The molecule has 4 rings (SSSR count). The van der Waals surface area contributed by atoms with Crippen molar-refractivity contribution in [2.24, 2.45) is 0 Å². The van der Waals surface area contributed by atoms with Crippen LogP contribution >= 0.6 is 0 Å². The van der Waals surface area contributed by atoms with Crippen LogP contribution in [-0.2, 0) is 11.3 Å². The van der Waals surface area contributed by atoms with Gasteiger partial charge in [0.15, 0.2) is 0 Å². The Hall–Kier alpha value is -3.74. The molecule has 7 heteroatoms. The average Bonchev–Trinajstić information content (AvgIpc) is 3.29. The van der Waals surface area contributed by atoms with Gasteiger partial charge in [-0.05, 0) is 43.2 Å². The van der Waals surface area contributed by atoms with Crippen molar-refractivity contribution in [3.63, 3.8) is 0 Å². The largest absolute Gasteiger partial charge is 0.350 e. The molecule has 0 radical (unpaired) electrons. The Morgan fingerprint density at radius 1 is 1.13 bits per heavy atom. The van der Waals surface area contributed by atoms with Crippen molar-refractivity contribution in [3.05, 3.63) is 89.0 Å². The summed E-state index contributed by atoms with van der Waals surface area (Å²) in [5.41, 5.74) is 3.55. The number of nitrogens with one attached hydrogen (secondary N) is 1. The minimum absolute atomic E-state index is 0.113. The lowest BCUT2D eigenvalue weighted by atomic mass is 10.1. The van der Waals surface area contributed by atoms with Gasteiger partial charge in [0.05, 0.1) is 29.6 Å². The normalized spacial score (nSPS) is 12.1. The van der Waals surface area contributed by atoms with E-state index in [2.05, 4.69) is 15.3 Å². The number of carbonyl (C=O) groups is 1. The third-order valence-electron chi connectivity index (χ3n) is 5.21. The highest BCUT2D eigenvalue weighted by Crippen LogP contribution is 2.16. The summed E-state index contributed by atoms with van der Waals surface area (Å²) in [4.78, 5) is 33.5. The van der Waals surface area contributed by atoms with E-state index in [1.165, 1.54) is 10.9 Å². The molecule has 0 aliphatic carbocycles. The quantitative estimate of drug-likeness (QED) is 0.538. The smallest absolute Gasteiger partial charge is 0.261 e. The van der Waals surface area contributed by atoms with Crippen LogP contribution in [0.25, 0.3) is 16.6 Å². The first kappa shape index (κ1) is 19.6. The lowest BCUT2D eigenvalue weighted by Gasteiger charge is -2.15. The Balaban J connectivity index is 1.38. The van der Waals surface area contributed by atoms with Crippen molar-refractivity contribution < 1.29 is 4.79 Å². The third kappa shape index (κ3) is 4.00. The van der Waals surface area contributed by atoms with Crippen molar-refractivity contribution in [1.82, 2.24) is 24.4 Å². The molecule has 30 heavy (non-hydrogen) atoms. The van der Waals surface area contributed by atoms with Crippen molar-refractivity contribution in [2.45, 2.75) is 32.9 Å². The van der Waals surface area contributed by atoms with Gasteiger partial charge in [-0.1, -0.05) is 24.3 Å². The predicted octanol–water partition coefficient (Wildman–Crippen LogP) is 3.16. The number of aryl methyl sites for hydroxylation is 2. The van der Waals surface area contributed by atoms with E-state index in [1.54, 1.807) is 18.6 Å². The standard InChI is InChI=1S/C23H23N5O2/c1-16-4-3-5-20-22(16)25-15-28(23(20)30)12-10-21(29)26-17(2)18-6-8-19(9-7-18)27-13-11-24-14-27/h3-9,11,13-15,17H,10,12H2,1-2H3,(H,26,29). The molecule has 7 nitrogen and oxygen atoms in total. The lowest BCUT2D eigenvalue weighted by molar-refractivity contribution is -0.121. The fraction of sp³-hybridized carbons (Fsp3) is 0.217. The number of aromatic nitrogens is 4. The van der Waals surface area contributed by atoms with Gasteiger partial charge in [-0.25, -0.2) is 9.97 Å². The average molecular weight is 401 g/mol. The summed E-state index contributed by atoms with van der Waals surface area (Å²) in [6, 6.07) is 13.4. The van der Waals surface area contributed by atoms with Crippen LogP contribution < -0.4 is 10.9 Å². The summed E-state index contributed by atoms with van der Waals surface area (Å²) in [5, 5.41) is 3.57. The Morgan fingerprint density at radius 3 is 2.67 bits per heavy atom. The number of carbonyl (C=O) groups excluding carboxylic acids is 1. The Bertz CT molecular complexity index is 1230. The molecule has 0 aliphatic rings. The van der Waals surface area contributed by atoms with E-state index in [-0.39, 0.29) is 30.5 Å². The SMILES string of the molecule is Cc1cccc2c(=O)n(CCC(=O)NC(C)c3ccc(-n4ccnc4)cc3)cnc12. The number of nitrogens with zero attached hydrogens (tertiary/aromatic N) is 4. The maximum atomic E-state index is 12.7. The Kier molecular flexibility index (Phi) is 5.43. The molecular formula is C23H23N5O2. The zero-order chi connectivity index (χ0) is 21.1. The molecule has 0 fully saturated rings. The molecule has 0 bridgehead atoms. The van der Waals surface area contributed by atoms with Crippen LogP contribution in [0.1, 0.15) is 30.5 Å². The first-order valence-corrected chi connectivity index (χ1v) is 9.85. The van der Waals surface area contributed by atoms with E-state index in [4.69, 9.17) is 0 Å². The van der Waals surface area contributed by atoms with E-state index in [9.17, 15) is 9.59 Å². The van der Waals surface area contributed by atoms with Crippen molar-refractivity contribution >= 4 is 16.8 Å². The minimum atomic E-state index is -0.136. The molecule has 1 unspecified atom stereocenters. The van der Waals surface area contributed by atoms with Crippen molar-refractivity contribution in [1.29, 1.82) is 0 Å². The zero-order valence-electron chi connectivity index (χ0n) is 16.9. The second kappa shape index (κ2) is 8.32. The minimum Gasteiger partial charge on any atom is -0.350 e. The lowest BCUT2D eigenvalue weighted by Crippen LogP contribution is -2.29. The molecule has 1 N–H and O–H groups in total. The maximum Gasteiger partial charge on any atom is 0.261 e. The fourth-order valence-corrected chi connectivity index (χ4v) is 3.46. The summed E-state index contributed by atoms with van der Waals surface area (Å²) >= 11 is 0. The Labute approximate surface area is 174 Å². The molecule has 1 atom stereocenters. The van der Waals surface area contributed by atoms with E-state index < -0.39 is 0 Å². The molecule has 2 aromatic carbocycles. The topological polar surface area (TPSA) is 81.8 Å². The first-order chi connectivity index (χ1) is 14.5. The number of imidazole rings is 1. The van der Waals surface area contributed by atoms with E-state index in [0.29, 0.717) is 10.9 Å². The van der Waals surface area contributed by atoms with E-state index in [0.717, 1.165) is 16.8 Å². The molecular weight excluding hydrogens is 378 g/mol. The summed E-state index contributed by atoms with van der Waals surface area (Å²) < 4.78 is 3.41. The number of fused-ring (bicyclic) bond motifs is 1. The number of hydrogen-bond acceptors (Lipinski definition) is 4. The third-order valence-corrected chi connectivity index (χ3v) is 5.21. The van der Waals surface area contributed by atoms with Crippen LogP contribution in [0.2, 0.25) is 0 Å².